The molecule has 4 nitrogen and oxygen atoms in total. The lowest BCUT2D eigenvalue weighted by molar-refractivity contribution is -0.134. The lowest BCUT2D eigenvalue weighted by Crippen LogP contribution is -2.39. The summed E-state index contributed by atoms with van der Waals surface area (Å²) in [5.74, 6) is 0.221. The van der Waals surface area contributed by atoms with Crippen LogP contribution in [0.3, 0.4) is 0 Å². The van der Waals surface area contributed by atoms with Crippen molar-refractivity contribution in [2.45, 2.75) is 38.6 Å². The Labute approximate surface area is 131 Å². The van der Waals surface area contributed by atoms with Crippen molar-refractivity contribution in [2.24, 2.45) is 7.05 Å². The molecule has 1 aromatic heterocycles. The summed E-state index contributed by atoms with van der Waals surface area (Å²) in [4.78, 5) is 14.8. The third kappa shape index (κ3) is 3.21. The van der Waals surface area contributed by atoms with Crippen molar-refractivity contribution >= 4 is 5.91 Å². The minimum atomic E-state index is 0.180. The summed E-state index contributed by atoms with van der Waals surface area (Å²) in [6, 6.07) is 8.40. The van der Waals surface area contributed by atoms with Crippen LogP contribution in [0.1, 0.15) is 42.0 Å². The number of aromatic nitrogens is 2. The molecule has 3 rings (SSSR count). The van der Waals surface area contributed by atoms with E-state index in [0.717, 1.165) is 30.5 Å². The molecule has 116 valence electrons. The molecule has 0 aliphatic carbocycles. The number of hydrogen-bond acceptors (Lipinski definition) is 2. The van der Waals surface area contributed by atoms with E-state index in [2.05, 4.69) is 24.2 Å². The molecule has 1 aromatic carbocycles. The largest absolute Gasteiger partial charge is 0.335 e. The fraction of sp³-hybridized carbons (Fsp3) is 0.444. The number of nitrogens with zero attached hydrogens (tertiary/aromatic N) is 3. The van der Waals surface area contributed by atoms with Gasteiger partial charge in [-0.3, -0.25) is 9.48 Å². The molecule has 0 saturated carbocycles. The van der Waals surface area contributed by atoms with Gasteiger partial charge in [-0.05, 0) is 31.7 Å². The van der Waals surface area contributed by atoms with Gasteiger partial charge in [0, 0.05) is 25.4 Å². The van der Waals surface area contributed by atoms with Gasteiger partial charge in [-0.15, -0.1) is 0 Å². The molecule has 0 spiro atoms. The molecule has 1 saturated heterocycles. The number of carbonyl (C=O) groups excluding carboxylic acids is 1. The molecule has 0 N–H and O–H groups in total. The Bertz CT molecular complexity index is 662. The maximum absolute atomic E-state index is 12.8. The summed E-state index contributed by atoms with van der Waals surface area (Å²) < 4.78 is 1.81. The zero-order chi connectivity index (χ0) is 15.5. The second-order valence-electron chi connectivity index (χ2n) is 6.21. The first-order valence-corrected chi connectivity index (χ1v) is 7.97. The monoisotopic (exact) mass is 297 g/mol. The standard InChI is InChI=1S/C18H23N3O/c1-14-6-5-7-15(10-14)11-18(22)21-9-4-3-8-17(21)16-12-19-20(2)13-16/h5-7,10,12-13,17H,3-4,8-9,11H2,1-2H3/t17-/m1/s1. The van der Waals surface area contributed by atoms with Gasteiger partial charge in [0.2, 0.25) is 5.91 Å². The molecule has 4 heteroatoms. The van der Waals surface area contributed by atoms with Crippen LogP contribution in [0.25, 0.3) is 0 Å². The molecular weight excluding hydrogens is 274 g/mol. The second-order valence-corrected chi connectivity index (χ2v) is 6.21. The lowest BCUT2D eigenvalue weighted by atomic mass is 9.96. The van der Waals surface area contributed by atoms with E-state index in [1.54, 1.807) is 0 Å². The second kappa shape index (κ2) is 6.34. The van der Waals surface area contributed by atoms with Crippen molar-refractivity contribution in [3.8, 4) is 0 Å². The van der Waals surface area contributed by atoms with E-state index in [9.17, 15) is 4.79 Å². The molecule has 1 amide bonds. The van der Waals surface area contributed by atoms with Crippen LogP contribution in [0.15, 0.2) is 36.7 Å². The minimum absolute atomic E-state index is 0.180. The van der Waals surface area contributed by atoms with Crippen LogP contribution in [-0.4, -0.2) is 27.1 Å². The summed E-state index contributed by atoms with van der Waals surface area (Å²) in [7, 11) is 1.92. The highest BCUT2D eigenvalue weighted by Gasteiger charge is 2.28. The third-order valence-electron chi connectivity index (χ3n) is 4.37. The topological polar surface area (TPSA) is 38.1 Å². The number of benzene rings is 1. The van der Waals surface area contributed by atoms with E-state index in [4.69, 9.17) is 0 Å². The molecule has 1 atom stereocenters. The molecule has 1 fully saturated rings. The highest BCUT2D eigenvalue weighted by atomic mass is 16.2. The highest BCUT2D eigenvalue weighted by molar-refractivity contribution is 5.79. The molecule has 0 radical (unpaired) electrons. The smallest absolute Gasteiger partial charge is 0.227 e. The Morgan fingerprint density at radius 3 is 2.95 bits per heavy atom. The van der Waals surface area contributed by atoms with E-state index in [1.807, 2.05) is 41.2 Å². The van der Waals surface area contributed by atoms with Gasteiger partial charge < -0.3 is 4.90 Å². The Morgan fingerprint density at radius 2 is 2.23 bits per heavy atom. The molecule has 1 aliphatic heterocycles. The van der Waals surface area contributed by atoms with E-state index in [-0.39, 0.29) is 11.9 Å². The van der Waals surface area contributed by atoms with Gasteiger partial charge in [-0.2, -0.15) is 5.10 Å². The van der Waals surface area contributed by atoms with Crippen molar-refractivity contribution in [1.29, 1.82) is 0 Å². The predicted octanol–water partition coefficient (Wildman–Crippen LogP) is 3.02. The number of rotatable bonds is 3. The Kier molecular flexibility index (Phi) is 4.27. The number of piperidine rings is 1. The highest BCUT2D eigenvalue weighted by Crippen LogP contribution is 2.31. The average Bonchev–Trinajstić information content (AvgIpc) is 2.94. The van der Waals surface area contributed by atoms with E-state index in [1.165, 1.54) is 12.0 Å². The van der Waals surface area contributed by atoms with Crippen molar-refractivity contribution < 1.29 is 4.79 Å². The quantitative estimate of drug-likeness (QED) is 0.873. The molecule has 0 bridgehead atoms. The number of amides is 1. The fourth-order valence-corrected chi connectivity index (χ4v) is 3.29. The first-order valence-electron chi connectivity index (χ1n) is 7.97. The Balaban J connectivity index is 1.76. The van der Waals surface area contributed by atoms with Gasteiger partial charge in [0.1, 0.15) is 0 Å². The van der Waals surface area contributed by atoms with Crippen molar-refractivity contribution in [1.82, 2.24) is 14.7 Å². The SMILES string of the molecule is Cc1cccc(CC(=O)N2CCCC[C@@H]2c2cnn(C)c2)c1. The van der Waals surface area contributed by atoms with E-state index < -0.39 is 0 Å². The van der Waals surface area contributed by atoms with Crippen LogP contribution in [0.5, 0.6) is 0 Å². The van der Waals surface area contributed by atoms with Crippen LogP contribution < -0.4 is 0 Å². The number of aryl methyl sites for hydroxylation is 2. The molecule has 22 heavy (non-hydrogen) atoms. The first kappa shape index (κ1) is 14.8. The normalized spacial score (nSPS) is 18.5. The zero-order valence-electron chi connectivity index (χ0n) is 13.3. The van der Waals surface area contributed by atoms with Crippen LogP contribution in [0, 0.1) is 6.92 Å². The van der Waals surface area contributed by atoms with Gasteiger partial charge in [-0.1, -0.05) is 29.8 Å². The summed E-state index contributed by atoms with van der Waals surface area (Å²) in [5.41, 5.74) is 3.45. The van der Waals surface area contributed by atoms with Gasteiger partial charge in [0.25, 0.3) is 0 Å². The van der Waals surface area contributed by atoms with Gasteiger partial charge in [0.05, 0.1) is 18.7 Å². The molecule has 2 aromatic rings. The number of carbonyl (C=O) groups is 1. The Hall–Kier alpha value is -2.10. The number of likely N-dealkylation sites (tertiary alicyclic amines) is 1. The summed E-state index contributed by atoms with van der Waals surface area (Å²) in [6.45, 7) is 2.91. The predicted molar refractivity (Wildman–Crippen MR) is 86.4 cm³/mol. The molecular formula is C18H23N3O. The van der Waals surface area contributed by atoms with Gasteiger partial charge in [-0.25, -0.2) is 0 Å². The van der Waals surface area contributed by atoms with Crippen molar-refractivity contribution in [3.63, 3.8) is 0 Å². The summed E-state index contributed by atoms with van der Waals surface area (Å²) in [6.07, 6.45) is 7.71. The van der Waals surface area contributed by atoms with Crippen LogP contribution in [-0.2, 0) is 18.3 Å². The Morgan fingerprint density at radius 1 is 1.36 bits per heavy atom. The summed E-state index contributed by atoms with van der Waals surface area (Å²) >= 11 is 0. The van der Waals surface area contributed by atoms with Gasteiger partial charge in [0.15, 0.2) is 0 Å². The average molecular weight is 297 g/mol. The van der Waals surface area contributed by atoms with E-state index >= 15 is 0 Å². The van der Waals surface area contributed by atoms with Crippen LogP contribution in [0.4, 0.5) is 0 Å². The fourth-order valence-electron chi connectivity index (χ4n) is 3.29. The minimum Gasteiger partial charge on any atom is -0.335 e. The summed E-state index contributed by atoms with van der Waals surface area (Å²) in [5, 5.41) is 4.26. The van der Waals surface area contributed by atoms with Crippen molar-refractivity contribution in [3.05, 3.63) is 53.3 Å². The van der Waals surface area contributed by atoms with Crippen LogP contribution in [0.2, 0.25) is 0 Å². The lowest BCUT2D eigenvalue weighted by Gasteiger charge is -2.35. The maximum atomic E-state index is 12.8. The zero-order valence-corrected chi connectivity index (χ0v) is 13.3. The molecule has 2 heterocycles. The molecule has 0 unspecified atom stereocenters. The third-order valence-corrected chi connectivity index (χ3v) is 4.37. The first-order chi connectivity index (χ1) is 10.6. The molecule has 1 aliphatic rings. The maximum Gasteiger partial charge on any atom is 0.227 e. The van der Waals surface area contributed by atoms with Crippen molar-refractivity contribution in [2.75, 3.05) is 6.54 Å². The van der Waals surface area contributed by atoms with E-state index in [0.29, 0.717) is 6.42 Å². The van der Waals surface area contributed by atoms with Crippen LogP contribution >= 0.6 is 0 Å². The number of hydrogen-bond donors (Lipinski definition) is 0. The van der Waals surface area contributed by atoms with Gasteiger partial charge >= 0.3 is 0 Å².